The van der Waals surface area contributed by atoms with E-state index in [9.17, 15) is 4.39 Å². The smallest absolute Gasteiger partial charge is 0.126 e. The van der Waals surface area contributed by atoms with Crippen LogP contribution in [0.4, 0.5) is 4.39 Å². The average molecular weight is 342 g/mol. The molecule has 20 heavy (non-hydrogen) atoms. The number of hydrogen-bond acceptors (Lipinski definition) is 1. The summed E-state index contributed by atoms with van der Waals surface area (Å²) in [5.41, 5.74) is 7.39. The van der Waals surface area contributed by atoms with Gasteiger partial charge in [-0.15, -0.1) is 0 Å². The van der Waals surface area contributed by atoms with Crippen LogP contribution in [0.5, 0.6) is 0 Å². The first-order chi connectivity index (χ1) is 9.27. The van der Waals surface area contributed by atoms with Gasteiger partial charge in [-0.1, -0.05) is 36.7 Å². The predicted octanol–water partition coefficient (Wildman–Crippen LogP) is 4.92. The van der Waals surface area contributed by atoms with E-state index >= 15 is 0 Å². The Kier molecular flexibility index (Phi) is 4.91. The van der Waals surface area contributed by atoms with Gasteiger partial charge in [0, 0.05) is 10.5 Å². The van der Waals surface area contributed by atoms with Crippen molar-refractivity contribution in [1.29, 1.82) is 0 Å². The molecular weight excluding hydrogens is 317 g/mol. The van der Waals surface area contributed by atoms with Crippen LogP contribution in [-0.2, 0) is 6.42 Å². The van der Waals surface area contributed by atoms with Gasteiger partial charge in [-0.25, -0.2) is 4.39 Å². The Morgan fingerprint density at radius 1 is 1.30 bits per heavy atom. The molecule has 1 aromatic carbocycles. The Morgan fingerprint density at radius 3 is 2.65 bits per heavy atom. The van der Waals surface area contributed by atoms with Crippen LogP contribution in [0.2, 0.25) is 0 Å². The third kappa shape index (κ3) is 3.82. The van der Waals surface area contributed by atoms with E-state index in [1.807, 2.05) is 6.07 Å². The third-order valence-electron chi connectivity index (χ3n) is 4.76. The van der Waals surface area contributed by atoms with Crippen molar-refractivity contribution in [3.05, 3.63) is 34.1 Å². The number of nitrogens with two attached hydrogens (primary N) is 1. The molecule has 0 heterocycles. The lowest BCUT2D eigenvalue weighted by atomic mass is 9.66. The third-order valence-corrected chi connectivity index (χ3v) is 5.25. The van der Waals surface area contributed by atoms with E-state index in [2.05, 4.69) is 36.7 Å². The standard InChI is InChI=1S/C17H25BrFN/c1-17(2,3)13-4-7-16(20)12(9-13)8-11-10-14(18)5-6-15(11)19/h5-6,10,12-13,16H,4,7-9,20H2,1-3H3. The molecule has 0 aromatic heterocycles. The molecule has 0 bridgehead atoms. The Morgan fingerprint density at radius 2 is 2.00 bits per heavy atom. The maximum atomic E-state index is 13.9. The summed E-state index contributed by atoms with van der Waals surface area (Å²) >= 11 is 3.42. The van der Waals surface area contributed by atoms with Crippen LogP contribution in [0.25, 0.3) is 0 Å². The Bertz CT molecular complexity index is 467. The predicted molar refractivity (Wildman–Crippen MR) is 86.1 cm³/mol. The van der Waals surface area contributed by atoms with Gasteiger partial charge in [0.15, 0.2) is 0 Å². The molecule has 3 heteroatoms. The molecule has 2 rings (SSSR count). The molecule has 0 saturated heterocycles. The highest BCUT2D eigenvalue weighted by Gasteiger charge is 2.34. The quantitative estimate of drug-likeness (QED) is 0.811. The molecular formula is C17H25BrFN. The first-order valence-electron chi connectivity index (χ1n) is 7.47. The summed E-state index contributed by atoms with van der Waals surface area (Å²) in [5.74, 6) is 0.956. The molecule has 1 aromatic rings. The van der Waals surface area contributed by atoms with Gasteiger partial charge >= 0.3 is 0 Å². The number of hydrogen-bond donors (Lipinski definition) is 1. The zero-order valence-corrected chi connectivity index (χ0v) is 14.2. The minimum Gasteiger partial charge on any atom is -0.327 e. The number of halogens is 2. The molecule has 0 amide bonds. The topological polar surface area (TPSA) is 26.0 Å². The fourth-order valence-electron chi connectivity index (χ4n) is 3.29. The summed E-state index contributed by atoms with van der Waals surface area (Å²) in [7, 11) is 0. The minimum absolute atomic E-state index is 0.113. The molecule has 0 aliphatic heterocycles. The van der Waals surface area contributed by atoms with Gasteiger partial charge in [0.2, 0.25) is 0 Å². The number of rotatable bonds is 2. The Hall–Kier alpha value is -0.410. The first-order valence-corrected chi connectivity index (χ1v) is 8.26. The molecule has 0 spiro atoms. The highest BCUT2D eigenvalue weighted by Crippen LogP contribution is 2.41. The van der Waals surface area contributed by atoms with Gasteiger partial charge < -0.3 is 5.73 Å². The summed E-state index contributed by atoms with van der Waals surface area (Å²) in [6.07, 6.45) is 4.11. The molecule has 1 fully saturated rings. The maximum Gasteiger partial charge on any atom is 0.126 e. The minimum atomic E-state index is -0.113. The summed E-state index contributed by atoms with van der Waals surface area (Å²) < 4.78 is 14.9. The summed E-state index contributed by atoms with van der Waals surface area (Å²) in [4.78, 5) is 0. The second kappa shape index (κ2) is 6.15. The van der Waals surface area contributed by atoms with E-state index in [1.165, 1.54) is 12.5 Å². The fraction of sp³-hybridized carbons (Fsp3) is 0.647. The SMILES string of the molecule is CC(C)(C)C1CCC(N)C(Cc2cc(Br)ccc2F)C1. The van der Waals surface area contributed by atoms with Crippen LogP contribution in [0, 0.1) is 23.1 Å². The normalized spacial score (nSPS) is 27.6. The fourth-order valence-corrected chi connectivity index (χ4v) is 3.70. The van der Waals surface area contributed by atoms with Crippen molar-refractivity contribution >= 4 is 15.9 Å². The van der Waals surface area contributed by atoms with Crippen molar-refractivity contribution in [2.75, 3.05) is 0 Å². The first kappa shape index (κ1) is 16.0. The Balaban J connectivity index is 2.12. The summed E-state index contributed by atoms with van der Waals surface area (Å²) in [5, 5.41) is 0. The van der Waals surface area contributed by atoms with Crippen molar-refractivity contribution < 1.29 is 4.39 Å². The molecule has 2 N–H and O–H groups in total. The van der Waals surface area contributed by atoms with Gasteiger partial charge in [0.25, 0.3) is 0 Å². The average Bonchev–Trinajstić information content (AvgIpc) is 2.35. The molecule has 0 radical (unpaired) electrons. The molecule has 1 nitrogen and oxygen atoms in total. The van der Waals surface area contributed by atoms with E-state index in [-0.39, 0.29) is 11.9 Å². The van der Waals surface area contributed by atoms with Gasteiger partial charge in [-0.2, -0.15) is 0 Å². The van der Waals surface area contributed by atoms with Gasteiger partial charge in [-0.3, -0.25) is 0 Å². The van der Waals surface area contributed by atoms with Crippen LogP contribution in [0.15, 0.2) is 22.7 Å². The van der Waals surface area contributed by atoms with Crippen LogP contribution < -0.4 is 5.73 Å². The number of benzene rings is 1. The van der Waals surface area contributed by atoms with Crippen molar-refractivity contribution in [2.45, 2.75) is 52.5 Å². The lowest BCUT2D eigenvalue weighted by Gasteiger charge is -2.40. The van der Waals surface area contributed by atoms with E-state index in [0.717, 1.165) is 29.3 Å². The molecule has 1 aliphatic rings. The maximum absolute atomic E-state index is 13.9. The van der Waals surface area contributed by atoms with Crippen molar-refractivity contribution in [1.82, 2.24) is 0 Å². The highest BCUT2D eigenvalue weighted by molar-refractivity contribution is 9.10. The highest BCUT2D eigenvalue weighted by atomic mass is 79.9. The van der Waals surface area contributed by atoms with E-state index < -0.39 is 0 Å². The summed E-state index contributed by atoms with van der Waals surface area (Å²) in [6, 6.07) is 5.38. The summed E-state index contributed by atoms with van der Waals surface area (Å²) in [6.45, 7) is 6.89. The van der Waals surface area contributed by atoms with Gasteiger partial charge in [-0.05, 0) is 66.7 Å². The lowest BCUT2D eigenvalue weighted by molar-refractivity contribution is 0.126. The monoisotopic (exact) mass is 341 g/mol. The Labute approximate surface area is 130 Å². The lowest BCUT2D eigenvalue weighted by Crippen LogP contribution is -2.40. The zero-order valence-electron chi connectivity index (χ0n) is 12.6. The van der Waals surface area contributed by atoms with E-state index in [4.69, 9.17) is 5.73 Å². The second-order valence-corrected chi connectivity index (χ2v) is 8.16. The van der Waals surface area contributed by atoms with Crippen LogP contribution >= 0.6 is 15.9 Å². The molecule has 112 valence electrons. The molecule has 3 atom stereocenters. The molecule has 1 aliphatic carbocycles. The van der Waals surface area contributed by atoms with E-state index in [0.29, 0.717) is 17.3 Å². The molecule has 3 unspecified atom stereocenters. The molecule has 1 saturated carbocycles. The van der Waals surface area contributed by atoms with Crippen LogP contribution in [0.1, 0.15) is 45.6 Å². The van der Waals surface area contributed by atoms with Crippen molar-refractivity contribution in [2.24, 2.45) is 23.0 Å². The van der Waals surface area contributed by atoms with Crippen LogP contribution in [0.3, 0.4) is 0 Å². The van der Waals surface area contributed by atoms with Gasteiger partial charge in [0.05, 0.1) is 0 Å². The van der Waals surface area contributed by atoms with Crippen molar-refractivity contribution in [3.63, 3.8) is 0 Å². The van der Waals surface area contributed by atoms with Gasteiger partial charge in [0.1, 0.15) is 5.82 Å². The largest absolute Gasteiger partial charge is 0.327 e. The van der Waals surface area contributed by atoms with E-state index in [1.54, 1.807) is 6.07 Å². The second-order valence-electron chi connectivity index (χ2n) is 7.24. The zero-order chi connectivity index (χ0) is 14.9. The van der Waals surface area contributed by atoms with Crippen LogP contribution in [-0.4, -0.2) is 6.04 Å². The van der Waals surface area contributed by atoms with Crippen molar-refractivity contribution in [3.8, 4) is 0 Å².